The third kappa shape index (κ3) is 2.40. The Bertz CT molecular complexity index is 1150. The first-order valence-corrected chi connectivity index (χ1v) is 7.47. The van der Waals surface area contributed by atoms with Crippen molar-refractivity contribution in [1.29, 1.82) is 0 Å². The van der Waals surface area contributed by atoms with Crippen LogP contribution in [0.1, 0.15) is 0 Å². The minimum Gasteiger partial charge on any atom is -0.418 e. The Morgan fingerprint density at radius 3 is 2.64 bits per heavy atom. The second kappa shape index (κ2) is 5.78. The zero-order valence-corrected chi connectivity index (χ0v) is 13.1. The van der Waals surface area contributed by atoms with Crippen molar-refractivity contribution in [3.63, 3.8) is 0 Å². The van der Waals surface area contributed by atoms with Crippen molar-refractivity contribution in [2.45, 2.75) is 6.73 Å². The molecular formula is C18H12F2N2O3. The largest absolute Gasteiger partial charge is 0.418 e. The Hall–Kier alpha value is -3.06. The SMILES string of the molecule is COCn1nc(-c2ccc(F)cc2)c2oc(=O)c3cccc(F)c3c21. The van der Waals surface area contributed by atoms with Crippen molar-refractivity contribution in [2.75, 3.05) is 7.11 Å². The molecule has 4 aromatic rings. The molecule has 2 aromatic carbocycles. The number of hydrogen-bond donors (Lipinski definition) is 0. The molecule has 0 amide bonds. The zero-order chi connectivity index (χ0) is 17.6. The lowest BCUT2D eigenvalue weighted by molar-refractivity contribution is 0.124. The number of halogens is 2. The van der Waals surface area contributed by atoms with E-state index in [1.165, 1.54) is 54.3 Å². The highest BCUT2D eigenvalue weighted by atomic mass is 19.1. The molecular weight excluding hydrogens is 330 g/mol. The predicted octanol–water partition coefficient (Wildman–Crippen LogP) is 3.69. The van der Waals surface area contributed by atoms with Gasteiger partial charge < -0.3 is 9.15 Å². The first kappa shape index (κ1) is 15.5. The molecule has 0 aliphatic heterocycles. The Morgan fingerprint density at radius 1 is 1.16 bits per heavy atom. The van der Waals surface area contributed by atoms with Crippen LogP contribution in [0.5, 0.6) is 0 Å². The van der Waals surface area contributed by atoms with E-state index in [-0.39, 0.29) is 23.1 Å². The van der Waals surface area contributed by atoms with Crippen LogP contribution in [0.15, 0.2) is 51.7 Å². The molecule has 0 N–H and O–H groups in total. The Kier molecular flexibility index (Phi) is 3.58. The van der Waals surface area contributed by atoms with Crippen molar-refractivity contribution in [1.82, 2.24) is 9.78 Å². The summed E-state index contributed by atoms with van der Waals surface area (Å²) in [6.07, 6.45) is 0. The molecule has 0 fully saturated rings. The van der Waals surface area contributed by atoms with Gasteiger partial charge in [-0.1, -0.05) is 6.07 Å². The summed E-state index contributed by atoms with van der Waals surface area (Å²) in [5, 5.41) is 4.62. The number of rotatable bonds is 3. The van der Waals surface area contributed by atoms with Crippen molar-refractivity contribution < 1.29 is 17.9 Å². The Morgan fingerprint density at radius 2 is 1.92 bits per heavy atom. The zero-order valence-electron chi connectivity index (χ0n) is 13.1. The van der Waals surface area contributed by atoms with Gasteiger partial charge in [0.1, 0.15) is 29.6 Å². The fraction of sp³-hybridized carbons (Fsp3) is 0.111. The summed E-state index contributed by atoms with van der Waals surface area (Å²) in [6.45, 7) is 0.0366. The van der Waals surface area contributed by atoms with Crippen molar-refractivity contribution in [2.24, 2.45) is 0 Å². The predicted molar refractivity (Wildman–Crippen MR) is 88.1 cm³/mol. The van der Waals surface area contributed by atoms with Gasteiger partial charge in [0.15, 0.2) is 5.58 Å². The number of fused-ring (bicyclic) bond motifs is 3. The smallest absolute Gasteiger partial charge is 0.344 e. The molecule has 25 heavy (non-hydrogen) atoms. The second-order valence-electron chi connectivity index (χ2n) is 5.50. The van der Waals surface area contributed by atoms with Crippen LogP contribution >= 0.6 is 0 Å². The number of hydrogen-bond acceptors (Lipinski definition) is 4. The van der Waals surface area contributed by atoms with E-state index in [1.54, 1.807) is 0 Å². The van der Waals surface area contributed by atoms with Gasteiger partial charge in [-0.25, -0.2) is 18.3 Å². The molecule has 0 spiro atoms. The second-order valence-corrected chi connectivity index (χ2v) is 5.50. The lowest BCUT2D eigenvalue weighted by Crippen LogP contribution is -2.05. The molecule has 0 saturated carbocycles. The van der Waals surface area contributed by atoms with E-state index in [9.17, 15) is 13.6 Å². The normalized spacial score (nSPS) is 11.5. The molecule has 0 unspecified atom stereocenters. The van der Waals surface area contributed by atoms with Crippen LogP contribution in [0.3, 0.4) is 0 Å². The molecule has 0 bridgehead atoms. The first-order valence-electron chi connectivity index (χ1n) is 7.47. The summed E-state index contributed by atoms with van der Waals surface area (Å²) in [5.41, 5.74) is 0.636. The number of aromatic nitrogens is 2. The third-order valence-electron chi connectivity index (χ3n) is 3.94. The number of nitrogens with zero attached hydrogens (tertiary/aromatic N) is 2. The molecule has 2 aromatic heterocycles. The quantitative estimate of drug-likeness (QED) is 0.570. The van der Waals surface area contributed by atoms with Crippen LogP contribution in [0.25, 0.3) is 33.1 Å². The lowest BCUT2D eigenvalue weighted by Gasteiger charge is -2.04. The van der Waals surface area contributed by atoms with E-state index >= 15 is 0 Å². The number of benzene rings is 2. The summed E-state index contributed by atoms with van der Waals surface area (Å²) < 4.78 is 39.6. The summed E-state index contributed by atoms with van der Waals surface area (Å²) in [7, 11) is 1.47. The highest BCUT2D eigenvalue weighted by Gasteiger charge is 2.21. The van der Waals surface area contributed by atoms with Crippen LogP contribution in [-0.2, 0) is 11.5 Å². The molecule has 126 valence electrons. The van der Waals surface area contributed by atoms with Gasteiger partial charge in [-0.05, 0) is 36.4 Å². The van der Waals surface area contributed by atoms with E-state index in [0.717, 1.165) is 0 Å². The van der Waals surface area contributed by atoms with Crippen molar-refractivity contribution >= 4 is 21.9 Å². The Balaban J connectivity index is 2.16. The van der Waals surface area contributed by atoms with Gasteiger partial charge in [0.25, 0.3) is 0 Å². The monoisotopic (exact) mass is 342 g/mol. The number of methoxy groups -OCH3 is 1. The third-order valence-corrected chi connectivity index (χ3v) is 3.94. The summed E-state index contributed by atoms with van der Waals surface area (Å²) in [5.74, 6) is -0.958. The minimum absolute atomic E-state index is 0.0366. The van der Waals surface area contributed by atoms with Gasteiger partial charge in [0.05, 0.1) is 10.8 Å². The molecule has 4 rings (SSSR count). The van der Waals surface area contributed by atoms with Gasteiger partial charge in [-0.2, -0.15) is 5.10 Å². The van der Waals surface area contributed by atoms with Crippen LogP contribution < -0.4 is 5.63 Å². The van der Waals surface area contributed by atoms with E-state index in [1.807, 2.05) is 0 Å². The van der Waals surface area contributed by atoms with Crippen molar-refractivity contribution in [3.05, 3.63) is 64.5 Å². The fourth-order valence-electron chi connectivity index (χ4n) is 2.88. The van der Waals surface area contributed by atoms with Crippen LogP contribution in [0, 0.1) is 11.6 Å². The first-order chi connectivity index (χ1) is 12.1. The van der Waals surface area contributed by atoms with Gasteiger partial charge in [0, 0.05) is 12.7 Å². The highest BCUT2D eigenvalue weighted by molar-refractivity contribution is 6.06. The molecule has 5 nitrogen and oxygen atoms in total. The maximum absolute atomic E-state index is 14.5. The summed E-state index contributed by atoms with van der Waals surface area (Å²) in [4.78, 5) is 12.3. The lowest BCUT2D eigenvalue weighted by atomic mass is 10.1. The summed E-state index contributed by atoms with van der Waals surface area (Å²) in [6, 6.07) is 9.78. The van der Waals surface area contributed by atoms with Gasteiger partial charge in [-0.3, -0.25) is 0 Å². The van der Waals surface area contributed by atoms with Crippen LogP contribution in [0.2, 0.25) is 0 Å². The molecule has 0 aliphatic carbocycles. The van der Waals surface area contributed by atoms with E-state index in [0.29, 0.717) is 16.8 Å². The van der Waals surface area contributed by atoms with Crippen molar-refractivity contribution in [3.8, 4) is 11.3 Å². The molecule has 0 atom stereocenters. The van der Waals surface area contributed by atoms with E-state index in [2.05, 4.69) is 5.10 Å². The van der Waals surface area contributed by atoms with E-state index < -0.39 is 17.3 Å². The van der Waals surface area contributed by atoms with E-state index in [4.69, 9.17) is 9.15 Å². The summed E-state index contributed by atoms with van der Waals surface area (Å²) >= 11 is 0. The van der Waals surface area contributed by atoms with Gasteiger partial charge in [0.2, 0.25) is 0 Å². The van der Waals surface area contributed by atoms with Crippen LogP contribution in [-0.4, -0.2) is 16.9 Å². The maximum atomic E-state index is 14.5. The fourth-order valence-corrected chi connectivity index (χ4v) is 2.88. The molecule has 7 heteroatoms. The Labute approximate surface area is 140 Å². The van der Waals surface area contributed by atoms with Gasteiger partial charge in [-0.15, -0.1) is 0 Å². The minimum atomic E-state index is -0.665. The maximum Gasteiger partial charge on any atom is 0.344 e. The number of ether oxygens (including phenoxy) is 1. The van der Waals surface area contributed by atoms with Crippen LogP contribution in [0.4, 0.5) is 8.78 Å². The molecule has 0 radical (unpaired) electrons. The average Bonchev–Trinajstić information content (AvgIpc) is 2.94. The molecule has 0 aliphatic rings. The standard InChI is InChI=1S/C18H12F2N2O3/c1-24-9-22-16-14-12(3-2-4-13(14)20)18(23)25-17(16)15(21-22)10-5-7-11(19)8-6-10/h2-8H,9H2,1H3. The van der Waals surface area contributed by atoms with Gasteiger partial charge >= 0.3 is 5.63 Å². The topological polar surface area (TPSA) is 57.3 Å². The molecule has 2 heterocycles. The highest BCUT2D eigenvalue weighted by Crippen LogP contribution is 2.32. The average molecular weight is 342 g/mol. The molecule has 0 saturated heterocycles.